The molecule has 2 N–H and O–H groups in total. The zero-order valence-electron chi connectivity index (χ0n) is 21.0. The predicted octanol–water partition coefficient (Wildman–Crippen LogP) is 5.10. The Morgan fingerprint density at radius 3 is 2.39 bits per heavy atom. The number of primary amides is 1. The van der Waals surface area contributed by atoms with E-state index in [0.29, 0.717) is 28.8 Å². The molecular formula is C29H26N4O5. The number of aryl methyl sites for hydroxylation is 1. The number of rotatable bonds is 10. The molecule has 0 aliphatic carbocycles. The zero-order chi connectivity index (χ0) is 26.5. The van der Waals surface area contributed by atoms with E-state index in [2.05, 4.69) is 10.1 Å². The first-order chi connectivity index (χ1) is 18.5. The highest BCUT2D eigenvalue weighted by atomic mass is 16.5. The van der Waals surface area contributed by atoms with Crippen LogP contribution in [-0.2, 0) is 13.2 Å². The normalized spacial score (nSPS) is 10.8. The van der Waals surface area contributed by atoms with Gasteiger partial charge in [0.2, 0.25) is 11.8 Å². The Morgan fingerprint density at radius 2 is 1.68 bits per heavy atom. The van der Waals surface area contributed by atoms with E-state index >= 15 is 0 Å². The first-order valence-corrected chi connectivity index (χ1v) is 11.9. The Balaban J connectivity index is 1.27. The Bertz CT molecular complexity index is 1540. The van der Waals surface area contributed by atoms with E-state index in [4.69, 9.17) is 24.4 Å². The van der Waals surface area contributed by atoms with Gasteiger partial charge in [-0.05, 0) is 48.9 Å². The largest absolute Gasteiger partial charge is 0.493 e. The molecule has 0 saturated heterocycles. The van der Waals surface area contributed by atoms with Crippen LogP contribution >= 0.6 is 0 Å². The molecule has 9 heteroatoms. The van der Waals surface area contributed by atoms with Crippen molar-refractivity contribution in [1.29, 1.82) is 0 Å². The average molecular weight is 511 g/mol. The van der Waals surface area contributed by atoms with Crippen LogP contribution in [-0.4, -0.2) is 27.8 Å². The van der Waals surface area contributed by atoms with Crippen LogP contribution < -0.4 is 19.9 Å². The van der Waals surface area contributed by atoms with Crippen LogP contribution in [0.2, 0.25) is 0 Å². The molecule has 5 aromatic rings. The molecule has 0 aliphatic heterocycles. The third-order valence-corrected chi connectivity index (χ3v) is 5.85. The number of aromatic nitrogens is 3. The van der Waals surface area contributed by atoms with Crippen LogP contribution in [0.15, 0.2) is 89.5 Å². The number of methoxy groups -OCH3 is 1. The van der Waals surface area contributed by atoms with Gasteiger partial charge in [0.1, 0.15) is 30.2 Å². The number of amides is 1. The molecule has 0 spiro atoms. The zero-order valence-corrected chi connectivity index (χ0v) is 21.0. The number of carbonyl (C=O) groups excluding carboxylic acids is 1. The van der Waals surface area contributed by atoms with Crippen molar-refractivity contribution in [1.82, 2.24) is 14.8 Å². The van der Waals surface area contributed by atoms with Crippen molar-refractivity contribution >= 4 is 5.91 Å². The quantitative estimate of drug-likeness (QED) is 0.278. The molecule has 1 amide bonds. The molecule has 192 valence electrons. The van der Waals surface area contributed by atoms with Gasteiger partial charge in [-0.3, -0.25) is 4.79 Å². The molecule has 9 nitrogen and oxygen atoms in total. The summed E-state index contributed by atoms with van der Waals surface area (Å²) in [5, 5.41) is 4.39. The molecule has 0 fully saturated rings. The summed E-state index contributed by atoms with van der Waals surface area (Å²) in [6.07, 6.45) is 1.56. The van der Waals surface area contributed by atoms with Crippen molar-refractivity contribution in [2.45, 2.75) is 20.1 Å². The van der Waals surface area contributed by atoms with Gasteiger partial charge in [-0.15, -0.1) is 5.10 Å². The number of nitrogens with zero attached hydrogens (tertiary/aromatic N) is 3. The molecule has 0 bridgehead atoms. The second kappa shape index (κ2) is 10.9. The topological polar surface area (TPSA) is 115 Å². The maximum Gasteiger partial charge on any atom is 0.255 e. The molecular weight excluding hydrogens is 484 g/mol. The third kappa shape index (κ3) is 5.36. The van der Waals surface area contributed by atoms with E-state index in [1.54, 1.807) is 30.1 Å². The van der Waals surface area contributed by atoms with Crippen molar-refractivity contribution in [3.05, 3.63) is 108 Å². The molecule has 0 atom stereocenters. The van der Waals surface area contributed by atoms with E-state index in [1.165, 1.54) is 0 Å². The van der Waals surface area contributed by atoms with E-state index < -0.39 is 5.91 Å². The van der Waals surface area contributed by atoms with Crippen LogP contribution in [0, 0.1) is 6.92 Å². The molecule has 0 aliphatic rings. The van der Waals surface area contributed by atoms with Gasteiger partial charge in [-0.1, -0.05) is 42.5 Å². The molecule has 5 rings (SSSR count). The van der Waals surface area contributed by atoms with Crippen molar-refractivity contribution in [3.8, 4) is 34.5 Å². The van der Waals surface area contributed by atoms with Crippen LogP contribution in [0.5, 0.6) is 17.4 Å². The molecule has 2 aromatic heterocycles. The van der Waals surface area contributed by atoms with Gasteiger partial charge in [-0.25, -0.2) is 9.67 Å². The molecule has 2 heterocycles. The fraction of sp³-hybridized carbons (Fsp3) is 0.138. The number of nitrogens with two attached hydrogens (primary N) is 1. The molecule has 0 unspecified atom stereocenters. The Kier molecular flexibility index (Phi) is 7.08. The summed E-state index contributed by atoms with van der Waals surface area (Å²) >= 11 is 0. The maximum absolute atomic E-state index is 12.0. The van der Waals surface area contributed by atoms with Gasteiger partial charge in [0.05, 0.1) is 12.8 Å². The average Bonchev–Trinajstić information content (AvgIpc) is 3.55. The van der Waals surface area contributed by atoms with Crippen molar-refractivity contribution in [3.63, 3.8) is 0 Å². The molecule has 3 aromatic carbocycles. The Labute approximate surface area is 219 Å². The van der Waals surface area contributed by atoms with Crippen LogP contribution in [0.4, 0.5) is 0 Å². The second-order valence-corrected chi connectivity index (χ2v) is 8.44. The number of ether oxygens (including phenoxy) is 3. The standard InChI is InChI=1S/C29H26N4O5/c1-19-24(31-28(38-19)21-9-5-3-6-10-21)18-36-25-14-13-20(15-26(25)35-2)17-37-29-23(27(30)34)16-33(32-29)22-11-7-4-8-12-22/h3-16H,17-18H2,1-2H3,(H2,30,34). The van der Waals surface area contributed by atoms with E-state index in [0.717, 1.165) is 16.8 Å². The highest BCUT2D eigenvalue weighted by Gasteiger charge is 2.17. The summed E-state index contributed by atoms with van der Waals surface area (Å²) in [4.78, 5) is 16.5. The minimum atomic E-state index is -0.623. The maximum atomic E-state index is 12.0. The van der Waals surface area contributed by atoms with Gasteiger partial charge < -0.3 is 24.4 Å². The number of benzene rings is 3. The van der Waals surface area contributed by atoms with Gasteiger partial charge >= 0.3 is 0 Å². The first kappa shape index (κ1) is 24.6. The number of para-hydroxylation sites is 1. The second-order valence-electron chi connectivity index (χ2n) is 8.44. The third-order valence-electron chi connectivity index (χ3n) is 5.85. The van der Waals surface area contributed by atoms with Gasteiger partial charge in [0.15, 0.2) is 11.5 Å². The van der Waals surface area contributed by atoms with E-state index in [9.17, 15) is 4.79 Å². The van der Waals surface area contributed by atoms with Crippen LogP contribution in [0.3, 0.4) is 0 Å². The smallest absolute Gasteiger partial charge is 0.255 e. The minimum absolute atomic E-state index is 0.144. The number of carbonyl (C=O) groups is 1. The van der Waals surface area contributed by atoms with Crippen molar-refractivity contribution < 1.29 is 23.4 Å². The summed E-state index contributed by atoms with van der Waals surface area (Å²) in [5.74, 6) is 1.84. The summed E-state index contributed by atoms with van der Waals surface area (Å²) in [5.41, 5.74) is 8.92. The number of hydrogen-bond donors (Lipinski definition) is 1. The predicted molar refractivity (Wildman–Crippen MR) is 140 cm³/mol. The Hall–Kier alpha value is -5.05. The highest BCUT2D eigenvalue weighted by Crippen LogP contribution is 2.30. The van der Waals surface area contributed by atoms with Gasteiger partial charge in [-0.2, -0.15) is 0 Å². The first-order valence-electron chi connectivity index (χ1n) is 11.9. The highest BCUT2D eigenvalue weighted by molar-refractivity contribution is 5.95. The summed E-state index contributed by atoms with van der Waals surface area (Å²) < 4.78 is 24.8. The van der Waals surface area contributed by atoms with Crippen molar-refractivity contribution in [2.75, 3.05) is 7.11 Å². The van der Waals surface area contributed by atoms with E-state index in [-0.39, 0.29) is 24.7 Å². The molecule has 38 heavy (non-hydrogen) atoms. The molecule has 0 radical (unpaired) electrons. The SMILES string of the molecule is COc1cc(COc2nn(-c3ccccc3)cc2C(N)=O)ccc1OCc1nc(-c2ccccc2)oc1C. The van der Waals surface area contributed by atoms with Crippen molar-refractivity contribution in [2.24, 2.45) is 5.73 Å². The lowest BCUT2D eigenvalue weighted by molar-refractivity contribution is 0.0996. The summed E-state index contributed by atoms with van der Waals surface area (Å²) in [6, 6.07) is 24.5. The van der Waals surface area contributed by atoms with Crippen LogP contribution in [0.1, 0.15) is 27.4 Å². The fourth-order valence-corrected chi connectivity index (χ4v) is 3.83. The molecule has 0 saturated carbocycles. The number of oxazole rings is 1. The lowest BCUT2D eigenvalue weighted by Crippen LogP contribution is -2.12. The Morgan fingerprint density at radius 1 is 0.947 bits per heavy atom. The van der Waals surface area contributed by atoms with Crippen LogP contribution in [0.25, 0.3) is 17.1 Å². The monoisotopic (exact) mass is 510 g/mol. The van der Waals surface area contributed by atoms with Gasteiger partial charge in [0.25, 0.3) is 5.91 Å². The summed E-state index contributed by atoms with van der Waals surface area (Å²) in [7, 11) is 1.56. The number of hydrogen-bond acceptors (Lipinski definition) is 7. The summed E-state index contributed by atoms with van der Waals surface area (Å²) in [6.45, 7) is 2.22. The van der Waals surface area contributed by atoms with E-state index in [1.807, 2.05) is 73.7 Å². The lowest BCUT2D eigenvalue weighted by atomic mass is 10.2. The van der Waals surface area contributed by atoms with Gasteiger partial charge in [0, 0.05) is 11.8 Å². The lowest BCUT2D eigenvalue weighted by Gasteiger charge is -2.12. The minimum Gasteiger partial charge on any atom is -0.493 e. The fourth-order valence-electron chi connectivity index (χ4n) is 3.83.